The SMILES string of the molecule is [CH3-].[CH3-].[CH3-].[Mn].c1cc[cH-]c1. The molecule has 0 heterocycles. The Balaban J connectivity index is -0.0000000312. The Labute approximate surface area is 70.1 Å². The molecule has 0 fully saturated rings. The topological polar surface area (TPSA) is 0 Å². The summed E-state index contributed by atoms with van der Waals surface area (Å²) in [5, 5.41) is 0. The van der Waals surface area contributed by atoms with Crippen LogP contribution in [0.15, 0.2) is 30.3 Å². The van der Waals surface area contributed by atoms with Crippen LogP contribution in [0.1, 0.15) is 0 Å². The smallest absolute Gasteiger partial charge is 0 e. The van der Waals surface area contributed by atoms with Gasteiger partial charge in [-0.1, -0.05) is 0 Å². The Hall–Kier alpha value is -0.131. The molecule has 1 rings (SSSR count). The number of rotatable bonds is 0. The van der Waals surface area contributed by atoms with E-state index >= 15 is 0 Å². The van der Waals surface area contributed by atoms with E-state index < -0.39 is 0 Å². The van der Waals surface area contributed by atoms with E-state index in [0.29, 0.717) is 0 Å². The Morgan fingerprint density at radius 3 is 1.22 bits per heavy atom. The molecule has 0 N–H and O–H groups in total. The Morgan fingerprint density at radius 2 is 1.11 bits per heavy atom. The molecule has 0 aliphatic carbocycles. The van der Waals surface area contributed by atoms with Gasteiger partial charge in [-0.3, -0.25) is 0 Å². The summed E-state index contributed by atoms with van der Waals surface area (Å²) in [6.45, 7) is 0. The fourth-order valence-corrected chi connectivity index (χ4v) is 0.321. The molecule has 0 bridgehead atoms. The molecule has 0 unspecified atom stereocenters. The second kappa shape index (κ2) is 15.7. The summed E-state index contributed by atoms with van der Waals surface area (Å²) in [5.74, 6) is 0. The van der Waals surface area contributed by atoms with E-state index in [0.717, 1.165) is 0 Å². The predicted octanol–water partition coefficient (Wildman–Crippen LogP) is 2.75. The average molecular weight is 165 g/mol. The third-order valence-corrected chi connectivity index (χ3v) is 0.556. The summed E-state index contributed by atoms with van der Waals surface area (Å²) in [4.78, 5) is 0. The van der Waals surface area contributed by atoms with E-state index in [2.05, 4.69) is 0 Å². The van der Waals surface area contributed by atoms with E-state index in [9.17, 15) is 0 Å². The number of hydrogen-bond donors (Lipinski definition) is 0. The van der Waals surface area contributed by atoms with Gasteiger partial charge < -0.3 is 22.3 Å². The van der Waals surface area contributed by atoms with Gasteiger partial charge in [-0.25, -0.2) is 12.1 Å². The first-order chi connectivity index (χ1) is 2.50. The van der Waals surface area contributed by atoms with Gasteiger partial charge in [0.25, 0.3) is 0 Å². The standard InChI is InChI=1S/C5H5.3CH3.Mn/c1-2-4-5-3-1;;;;/h1-5H;3*1H3;/q4*-1;. The third-order valence-electron chi connectivity index (χ3n) is 0.556. The van der Waals surface area contributed by atoms with E-state index in [1.54, 1.807) is 0 Å². The molecule has 1 heteroatoms. The van der Waals surface area contributed by atoms with Crippen molar-refractivity contribution in [3.63, 3.8) is 0 Å². The quantitative estimate of drug-likeness (QED) is 0.409. The molecule has 0 amide bonds. The first kappa shape index (κ1) is 23.2. The van der Waals surface area contributed by atoms with Crippen LogP contribution in [0.25, 0.3) is 0 Å². The van der Waals surface area contributed by atoms with Crippen LogP contribution in [-0.4, -0.2) is 0 Å². The molecule has 0 aromatic heterocycles. The van der Waals surface area contributed by atoms with Crippen LogP contribution in [0.4, 0.5) is 0 Å². The summed E-state index contributed by atoms with van der Waals surface area (Å²) < 4.78 is 0. The molecule has 1 radical (unpaired) electrons. The van der Waals surface area contributed by atoms with Crippen molar-refractivity contribution in [2.75, 3.05) is 0 Å². The first-order valence-electron chi connectivity index (χ1n) is 1.67. The molecule has 0 aliphatic heterocycles. The van der Waals surface area contributed by atoms with Crippen LogP contribution >= 0.6 is 0 Å². The van der Waals surface area contributed by atoms with E-state index in [4.69, 9.17) is 0 Å². The third kappa shape index (κ3) is 11.4. The maximum Gasteiger partial charge on any atom is 0 e. The van der Waals surface area contributed by atoms with Crippen molar-refractivity contribution in [2.45, 2.75) is 0 Å². The minimum atomic E-state index is 0. The molecule has 0 saturated carbocycles. The van der Waals surface area contributed by atoms with Crippen molar-refractivity contribution in [2.24, 2.45) is 0 Å². The van der Waals surface area contributed by atoms with Gasteiger partial charge in [-0.05, 0) is 0 Å². The molecular weight excluding hydrogens is 151 g/mol. The second-order valence-corrected chi connectivity index (χ2v) is 0.962. The molecule has 0 aliphatic rings. The van der Waals surface area contributed by atoms with Crippen LogP contribution in [-0.2, 0) is 17.1 Å². The molecule has 0 spiro atoms. The van der Waals surface area contributed by atoms with Gasteiger partial charge in [0.05, 0.1) is 0 Å². The fourth-order valence-electron chi connectivity index (χ4n) is 0.321. The van der Waals surface area contributed by atoms with Crippen molar-refractivity contribution < 1.29 is 17.1 Å². The molecule has 0 saturated heterocycles. The van der Waals surface area contributed by atoms with Crippen LogP contribution < -0.4 is 0 Å². The monoisotopic (exact) mass is 165 g/mol. The molecule has 0 atom stereocenters. The zero-order valence-electron chi connectivity index (χ0n) is 6.26. The molecule has 0 nitrogen and oxygen atoms in total. The van der Waals surface area contributed by atoms with Crippen LogP contribution in [0.5, 0.6) is 0 Å². The van der Waals surface area contributed by atoms with Crippen molar-refractivity contribution in [3.05, 3.63) is 52.6 Å². The van der Waals surface area contributed by atoms with Gasteiger partial charge in [-0.15, -0.1) is 0 Å². The van der Waals surface area contributed by atoms with Gasteiger partial charge in [0.1, 0.15) is 0 Å². The van der Waals surface area contributed by atoms with Gasteiger partial charge in [0.2, 0.25) is 0 Å². The Morgan fingerprint density at radius 1 is 0.778 bits per heavy atom. The Kier molecular flexibility index (Phi) is 40.3. The summed E-state index contributed by atoms with van der Waals surface area (Å²) in [6, 6.07) is 10.0. The molecule has 1 aromatic carbocycles. The summed E-state index contributed by atoms with van der Waals surface area (Å²) >= 11 is 0. The molecule has 9 heavy (non-hydrogen) atoms. The summed E-state index contributed by atoms with van der Waals surface area (Å²) in [5.41, 5.74) is 0. The maximum atomic E-state index is 2.00. The first-order valence-corrected chi connectivity index (χ1v) is 1.67. The molecular formula is C8H14Mn-4. The average Bonchev–Trinajstić information content (AvgIpc) is 1.76. The minimum Gasteiger partial charge on any atom is -0.358 e. The largest absolute Gasteiger partial charge is 0.358 e. The number of hydrogen-bond acceptors (Lipinski definition) is 0. The van der Waals surface area contributed by atoms with E-state index in [1.165, 1.54) is 0 Å². The second-order valence-electron chi connectivity index (χ2n) is 0.962. The summed E-state index contributed by atoms with van der Waals surface area (Å²) in [6.07, 6.45) is 0. The molecule has 1 aromatic rings. The fraction of sp³-hybridized carbons (Fsp3) is 0. The zero-order valence-corrected chi connectivity index (χ0v) is 7.45. The van der Waals surface area contributed by atoms with Crippen LogP contribution in [0.3, 0.4) is 0 Å². The van der Waals surface area contributed by atoms with Crippen molar-refractivity contribution in [1.82, 2.24) is 0 Å². The predicted molar refractivity (Wildman–Crippen MR) is 41.3 cm³/mol. The minimum absolute atomic E-state index is 0. The molecule has 57 valence electrons. The van der Waals surface area contributed by atoms with Crippen molar-refractivity contribution >= 4 is 0 Å². The zero-order chi connectivity index (χ0) is 3.54. The summed E-state index contributed by atoms with van der Waals surface area (Å²) in [7, 11) is 0. The van der Waals surface area contributed by atoms with Gasteiger partial charge >= 0.3 is 0 Å². The van der Waals surface area contributed by atoms with Crippen LogP contribution in [0.2, 0.25) is 0 Å². The van der Waals surface area contributed by atoms with Crippen LogP contribution in [0, 0.1) is 22.3 Å². The van der Waals surface area contributed by atoms with Gasteiger partial charge in [0, 0.05) is 17.1 Å². The maximum absolute atomic E-state index is 2.00. The van der Waals surface area contributed by atoms with Crippen molar-refractivity contribution in [1.29, 1.82) is 0 Å². The Bertz CT molecular complexity index is 61.0. The van der Waals surface area contributed by atoms with Gasteiger partial charge in [-0.2, -0.15) is 18.2 Å². The van der Waals surface area contributed by atoms with Gasteiger partial charge in [0.15, 0.2) is 0 Å². The normalized spacial score (nSPS) is 4.44. The van der Waals surface area contributed by atoms with Crippen molar-refractivity contribution in [3.8, 4) is 0 Å². The van der Waals surface area contributed by atoms with E-state index in [1.807, 2.05) is 30.3 Å². The van der Waals surface area contributed by atoms with E-state index in [-0.39, 0.29) is 39.3 Å².